The fraction of sp³-hybridized carbons (Fsp3) is 1.00. The van der Waals surface area contributed by atoms with E-state index in [1.165, 1.54) is 0 Å². The van der Waals surface area contributed by atoms with Crippen LogP contribution < -0.4 is 5.32 Å². The van der Waals surface area contributed by atoms with Gasteiger partial charge in [0.05, 0.1) is 6.10 Å². The molecule has 56 valence electrons. The summed E-state index contributed by atoms with van der Waals surface area (Å²) in [7, 11) is 0. The molecule has 0 radical (unpaired) electrons. The molecule has 2 N–H and O–H groups in total. The first-order valence-corrected chi connectivity index (χ1v) is 3.55. The first-order chi connectivity index (χ1) is 3.92. The fourth-order valence-electron chi connectivity index (χ4n) is 0.263. The van der Waals surface area contributed by atoms with Crippen molar-refractivity contribution in [3.8, 4) is 0 Å². The Morgan fingerprint density at radius 2 is 2.00 bits per heavy atom. The average molecular weight is 192 g/mol. The largest absolute Gasteiger partial charge is 0.392 e. The molecule has 0 aromatic heterocycles. The fourth-order valence-corrected chi connectivity index (χ4v) is 0.495. The molecule has 0 heterocycles. The van der Waals surface area contributed by atoms with Crippen LogP contribution in [-0.4, -0.2) is 21.7 Å². The minimum atomic E-state index is -1.46. The number of hydrogen-bond acceptors (Lipinski definition) is 2. The van der Waals surface area contributed by atoms with Gasteiger partial charge in [-0.25, -0.2) is 0 Å². The van der Waals surface area contributed by atoms with Crippen LogP contribution in [-0.2, 0) is 0 Å². The lowest BCUT2D eigenvalue weighted by Gasteiger charge is -2.13. The number of hydrogen-bond donors (Lipinski definition) is 2. The van der Waals surface area contributed by atoms with Crippen LogP contribution in [0.5, 0.6) is 0 Å². The summed E-state index contributed by atoms with van der Waals surface area (Å²) in [4.78, 5) is 0. The Labute approximate surface area is 69.1 Å². The molecule has 1 unspecified atom stereocenters. The number of aliphatic hydroxyl groups is 1. The Bertz CT molecular complexity index is 80.4. The zero-order chi connectivity index (χ0) is 7.49. The third-order valence-corrected chi connectivity index (χ3v) is 0.999. The zero-order valence-electron chi connectivity index (χ0n) is 4.87. The molecule has 0 spiro atoms. The van der Waals surface area contributed by atoms with E-state index in [1.807, 2.05) is 0 Å². The average Bonchev–Trinajstić information content (AvgIpc) is 1.59. The van der Waals surface area contributed by atoms with Crippen molar-refractivity contribution in [2.75, 3.05) is 6.54 Å². The Balaban J connectivity index is 3.28. The van der Waals surface area contributed by atoms with E-state index >= 15 is 0 Å². The normalized spacial score (nSPS) is 15.7. The minimum absolute atomic E-state index is 0.274. The van der Waals surface area contributed by atoms with E-state index in [4.69, 9.17) is 39.9 Å². The summed E-state index contributed by atoms with van der Waals surface area (Å²) in [5, 5.41) is 11.1. The topological polar surface area (TPSA) is 32.3 Å². The molecule has 0 rings (SSSR count). The minimum Gasteiger partial charge on any atom is -0.392 e. The van der Waals surface area contributed by atoms with E-state index in [1.54, 1.807) is 6.92 Å². The summed E-state index contributed by atoms with van der Waals surface area (Å²) in [6.45, 7) is 1.87. The van der Waals surface area contributed by atoms with Gasteiger partial charge in [-0.05, 0) is 6.92 Å². The molecular weight excluding hydrogens is 184 g/mol. The zero-order valence-corrected chi connectivity index (χ0v) is 7.13. The van der Waals surface area contributed by atoms with Crippen molar-refractivity contribution in [1.29, 1.82) is 0 Å². The molecular formula is C4H8Cl3NO. The summed E-state index contributed by atoms with van der Waals surface area (Å²) in [6, 6.07) is 0. The van der Waals surface area contributed by atoms with Gasteiger partial charge in [0.2, 0.25) is 3.92 Å². The van der Waals surface area contributed by atoms with E-state index < -0.39 is 10.0 Å². The second-order valence-corrected chi connectivity index (χ2v) is 4.01. The van der Waals surface area contributed by atoms with Crippen molar-refractivity contribution in [2.24, 2.45) is 0 Å². The van der Waals surface area contributed by atoms with Crippen LogP contribution in [0.15, 0.2) is 0 Å². The monoisotopic (exact) mass is 191 g/mol. The van der Waals surface area contributed by atoms with Crippen LogP contribution in [0.25, 0.3) is 0 Å². The molecule has 0 aromatic carbocycles. The van der Waals surface area contributed by atoms with Gasteiger partial charge < -0.3 is 5.11 Å². The number of halogens is 3. The second-order valence-electron chi connectivity index (χ2n) is 1.73. The van der Waals surface area contributed by atoms with Crippen LogP contribution in [0.1, 0.15) is 6.92 Å². The SMILES string of the molecule is CC(O)CNC(Cl)(Cl)Cl. The number of rotatable bonds is 2. The van der Waals surface area contributed by atoms with Gasteiger partial charge in [0, 0.05) is 6.54 Å². The highest BCUT2D eigenvalue weighted by molar-refractivity contribution is 6.67. The standard InChI is InChI=1S/C4H8Cl3NO/c1-3(9)2-8-4(5,6)7/h3,8-9H,2H2,1H3. The Kier molecular flexibility index (Phi) is 4.17. The Morgan fingerprint density at radius 1 is 1.56 bits per heavy atom. The maximum absolute atomic E-state index is 8.68. The molecule has 0 amide bonds. The second kappa shape index (κ2) is 3.84. The van der Waals surface area contributed by atoms with Crippen LogP contribution in [0.2, 0.25) is 0 Å². The van der Waals surface area contributed by atoms with Gasteiger partial charge in [-0.1, -0.05) is 34.8 Å². The van der Waals surface area contributed by atoms with Crippen molar-refractivity contribution in [1.82, 2.24) is 5.32 Å². The van der Waals surface area contributed by atoms with Gasteiger partial charge in [-0.3, -0.25) is 5.32 Å². The summed E-state index contributed by atoms with van der Waals surface area (Å²) in [6.07, 6.45) is -0.499. The summed E-state index contributed by atoms with van der Waals surface area (Å²) in [5.74, 6) is 0. The van der Waals surface area contributed by atoms with Crippen molar-refractivity contribution in [2.45, 2.75) is 16.9 Å². The van der Waals surface area contributed by atoms with Crippen molar-refractivity contribution >= 4 is 34.8 Å². The molecule has 0 saturated carbocycles. The molecule has 0 aromatic rings. The lowest BCUT2D eigenvalue weighted by atomic mass is 10.4. The molecule has 0 saturated heterocycles. The van der Waals surface area contributed by atoms with E-state index in [9.17, 15) is 0 Å². The first kappa shape index (κ1) is 9.79. The molecule has 9 heavy (non-hydrogen) atoms. The molecule has 1 atom stereocenters. The van der Waals surface area contributed by atoms with Gasteiger partial charge in [0.15, 0.2) is 0 Å². The van der Waals surface area contributed by atoms with Crippen LogP contribution in [0.4, 0.5) is 0 Å². The summed E-state index contributed by atoms with van der Waals surface area (Å²) in [5.41, 5.74) is 0. The lowest BCUT2D eigenvalue weighted by Crippen LogP contribution is -2.34. The Hall–Kier alpha value is 0.790. The quantitative estimate of drug-likeness (QED) is 0.510. The van der Waals surface area contributed by atoms with Crippen molar-refractivity contribution in [3.63, 3.8) is 0 Å². The summed E-state index contributed by atoms with van der Waals surface area (Å²) >= 11 is 15.9. The maximum Gasteiger partial charge on any atom is 0.245 e. The first-order valence-electron chi connectivity index (χ1n) is 2.41. The van der Waals surface area contributed by atoms with Gasteiger partial charge in [-0.2, -0.15) is 0 Å². The number of aliphatic hydroxyl groups excluding tert-OH is 1. The van der Waals surface area contributed by atoms with Crippen LogP contribution in [0.3, 0.4) is 0 Å². The Morgan fingerprint density at radius 3 is 2.11 bits per heavy atom. The van der Waals surface area contributed by atoms with E-state index in [0.717, 1.165) is 0 Å². The van der Waals surface area contributed by atoms with E-state index in [2.05, 4.69) is 5.32 Å². The van der Waals surface area contributed by atoms with Gasteiger partial charge in [0.25, 0.3) is 0 Å². The summed E-state index contributed by atoms with van der Waals surface area (Å²) < 4.78 is -1.46. The lowest BCUT2D eigenvalue weighted by molar-refractivity contribution is 0.191. The molecule has 0 aliphatic rings. The smallest absolute Gasteiger partial charge is 0.245 e. The highest BCUT2D eigenvalue weighted by atomic mass is 35.6. The molecule has 5 heteroatoms. The van der Waals surface area contributed by atoms with Gasteiger partial charge in [-0.15, -0.1) is 0 Å². The van der Waals surface area contributed by atoms with Crippen LogP contribution >= 0.6 is 34.8 Å². The predicted octanol–water partition coefficient (Wildman–Crippen LogP) is 1.28. The third-order valence-electron chi connectivity index (χ3n) is 0.598. The third kappa shape index (κ3) is 8.79. The molecule has 0 aliphatic heterocycles. The van der Waals surface area contributed by atoms with Gasteiger partial charge >= 0.3 is 0 Å². The van der Waals surface area contributed by atoms with E-state index in [-0.39, 0.29) is 6.54 Å². The molecule has 0 bridgehead atoms. The van der Waals surface area contributed by atoms with E-state index in [0.29, 0.717) is 0 Å². The molecule has 0 fully saturated rings. The van der Waals surface area contributed by atoms with Crippen molar-refractivity contribution < 1.29 is 5.11 Å². The highest BCUT2D eigenvalue weighted by Gasteiger charge is 2.18. The molecule has 2 nitrogen and oxygen atoms in total. The molecule has 0 aliphatic carbocycles. The number of alkyl halides is 3. The van der Waals surface area contributed by atoms with Gasteiger partial charge in [0.1, 0.15) is 0 Å². The number of nitrogens with one attached hydrogen (secondary N) is 1. The maximum atomic E-state index is 8.68. The van der Waals surface area contributed by atoms with Crippen molar-refractivity contribution in [3.05, 3.63) is 0 Å². The highest BCUT2D eigenvalue weighted by Crippen LogP contribution is 2.21. The van der Waals surface area contributed by atoms with Crippen LogP contribution in [0, 0.1) is 0 Å². The predicted molar refractivity (Wildman–Crippen MR) is 40.0 cm³/mol.